The molecule has 0 heterocycles. The van der Waals surface area contributed by atoms with E-state index >= 15 is 0 Å². The molecule has 0 spiro atoms. The van der Waals surface area contributed by atoms with Crippen molar-refractivity contribution in [1.29, 1.82) is 0 Å². The van der Waals surface area contributed by atoms with Gasteiger partial charge in [-0.15, -0.1) is 0 Å². The second kappa shape index (κ2) is 6.22. The van der Waals surface area contributed by atoms with E-state index in [0.29, 0.717) is 11.4 Å². The van der Waals surface area contributed by atoms with Gasteiger partial charge < -0.3 is 5.11 Å². The Morgan fingerprint density at radius 1 is 1.11 bits per heavy atom. The Bertz CT molecular complexity index is 564. The molecule has 0 amide bonds. The molecule has 0 radical (unpaired) electrons. The number of hydrogen-bond donors (Lipinski definition) is 1. The quantitative estimate of drug-likeness (QED) is 0.889. The molecule has 0 aliphatic rings. The van der Waals surface area contributed by atoms with Gasteiger partial charge in [0.05, 0.1) is 5.92 Å². The molecule has 0 bridgehead atoms. The molecule has 2 aromatic carbocycles. The maximum Gasteiger partial charge on any atom is 0.311 e. The SMILES string of the molecule is O=C(O)C(Cc1ccc(Br)cc1)c1ccc(Cl)cc1. The van der Waals surface area contributed by atoms with E-state index in [4.69, 9.17) is 11.6 Å². The largest absolute Gasteiger partial charge is 0.481 e. The van der Waals surface area contributed by atoms with Gasteiger partial charge in [0.2, 0.25) is 0 Å². The van der Waals surface area contributed by atoms with E-state index in [1.165, 1.54) is 0 Å². The summed E-state index contributed by atoms with van der Waals surface area (Å²) in [7, 11) is 0. The van der Waals surface area contributed by atoms with E-state index in [2.05, 4.69) is 15.9 Å². The first-order valence-electron chi connectivity index (χ1n) is 5.79. The van der Waals surface area contributed by atoms with Crippen LogP contribution in [0.3, 0.4) is 0 Å². The maximum absolute atomic E-state index is 11.4. The van der Waals surface area contributed by atoms with Gasteiger partial charge in [0.25, 0.3) is 0 Å². The Labute approximate surface area is 125 Å². The maximum atomic E-state index is 11.4. The average Bonchev–Trinajstić information content (AvgIpc) is 2.39. The molecule has 2 rings (SSSR count). The van der Waals surface area contributed by atoms with E-state index < -0.39 is 11.9 Å². The van der Waals surface area contributed by atoms with Crippen LogP contribution in [0.1, 0.15) is 17.0 Å². The smallest absolute Gasteiger partial charge is 0.311 e. The van der Waals surface area contributed by atoms with Gasteiger partial charge in [-0.25, -0.2) is 0 Å². The molecule has 1 unspecified atom stereocenters. The highest BCUT2D eigenvalue weighted by Gasteiger charge is 2.20. The molecule has 0 aliphatic heterocycles. The Balaban J connectivity index is 2.23. The van der Waals surface area contributed by atoms with Crippen LogP contribution < -0.4 is 0 Å². The van der Waals surface area contributed by atoms with Crippen LogP contribution in [0.4, 0.5) is 0 Å². The summed E-state index contributed by atoms with van der Waals surface area (Å²) < 4.78 is 0.981. The van der Waals surface area contributed by atoms with Crippen molar-refractivity contribution in [1.82, 2.24) is 0 Å². The van der Waals surface area contributed by atoms with Gasteiger partial charge in [0.15, 0.2) is 0 Å². The summed E-state index contributed by atoms with van der Waals surface area (Å²) in [5.74, 6) is -1.39. The number of hydrogen-bond acceptors (Lipinski definition) is 1. The highest BCUT2D eigenvalue weighted by atomic mass is 79.9. The predicted octanol–water partition coefficient (Wildman–Crippen LogP) is 4.51. The van der Waals surface area contributed by atoms with Crippen LogP contribution in [0.2, 0.25) is 5.02 Å². The summed E-state index contributed by atoms with van der Waals surface area (Å²) in [6.45, 7) is 0. The van der Waals surface area contributed by atoms with Gasteiger partial charge >= 0.3 is 5.97 Å². The normalized spacial score (nSPS) is 12.1. The average molecular weight is 340 g/mol. The number of carbonyl (C=O) groups is 1. The molecule has 0 fully saturated rings. The van der Waals surface area contributed by atoms with E-state index in [1.807, 2.05) is 24.3 Å². The van der Waals surface area contributed by atoms with Gasteiger partial charge in [-0.2, -0.15) is 0 Å². The van der Waals surface area contributed by atoms with Crippen molar-refractivity contribution in [2.45, 2.75) is 12.3 Å². The van der Waals surface area contributed by atoms with Crippen molar-refractivity contribution in [3.8, 4) is 0 Å². The molecule has 2 nitrogen and oxygen atoms in total. The van der Waals surface area contributed by atoms with Crippen LogP contribution in [-0.4, -0.2) is 11.1 Å². The van der Waals surface area contributed by atoms with Gasteiger partial charge in [0.1, 0.15) is 0 Å². The van der Waals surface area contributed by atoms with Crippen molar-refractivity contribution >= 4 is 33.5 Å². The summed E-state index contributed by atoms with van der Waals surface area (Å²) in [6, 6.07) is 14.6. The van der Waals surface area contributed by atoms with E-state index in [9.17, 15) is 9.90 Å². The fourth-order valence-corrected chi connectivity index (χ4v) is 2.29. The van der Waals surface area contributed by atoms with E-state index in [-0.39, 0.29) is 0 Å². The summed E-state index contributed by atoms with van der Waals surface area (Å²) in [4.78, 5) is 11.4. The van der Waals surface area contributed by atoms with Crippen molar-refractivity contribution in [3.63, 3.8) is 0 Å². The van der Waals surface area contributed by atoms with Gasteiger partial charge in [-0.3, -0.25) is 4.79 Å². The predicted molar refractivity (Wildman–Crippen MR) is 79.7 cm³/mol. The molecule has 19 heavy (non-hydrogen) atoms. The molecule has 0 aromatic heterocycles. The summed E-state index contributed by atoms with van der Waals surface area (Å²) in [5.41, 5.74) is 1.75. The fourth-order valence-electron chi connectivity index (χ4n) is 1.90. The van der Waals surface area contributed by atoms with Crippen LogP contribution >= 0.6 is 27.5 Å². The van der Waals surface area contributed by atoms with Crippen molar-refractivity contribution in [2.75, 3.05) is 0 Å². The molecule has 2 aromatic rings. The molecule has 4 heteroatoms. The third-order valence-corrected chi connectivity index (χ3v) is 3.70. The fraction of sp³-hybridized carbons (Fsp3) is 0.133. The Morgan fingerprint density at radius 3 is 2.21 bits per heavy atom. The number of carboxylic acids is 1. The van der Waals surface area contributed by atoms with Gasteiger partial charge in [0, 0.05) is 9.50 Å². The molecule has 0 saturated carbocycles. The number of benzene rings is 2. The summed E-state index contributed by atoms with van der Waals surface area (Å²) in [6.07, 6.45) is 0.463. The third-order valence-electron chi connectivity index (χ3n) is 2.92. The minimum atomic E-state index is -0.828. The van der Waals surface area contributed by atoms with Crippen molar-refractivity contribution < 1.29 is 9.90 Å². The lowest BCUT2D eigenvalue weighted by molar-refractivity contribution is -0.138. The molecular formula is C15H12BrClO2. The van der Waals surface area contributed by atoms with E-state index in [1.54, 1.807) is 24.3 Å². The minimum Gasteiger partial charge on any atom is -0.481 e. The van der Waals surface area contributed by atoms with Crippen LogP contribution in [0.5, 0.6) is 0 Å². The van der Waals surface area contributed by atoms with Crippen molar-refractivity contribution in [3.05, 3.63) is 69.2 Å². The van der Waals surface area contributed by atoms with Gasteiger partial charge in [-0.05, 0) is 41.8 Å². The molecule has 1 N–H and O–H groups in total. The van der Waals surface area contributed by atoms with Crippen LogP contribution in [0, 0.1) is 0 Å². The van der Waals surface area contributed by atoms with E-state index in [0.717, 1.165) is 15.6 Å². The zero-order valence-corrected chi connectivity index (χ0v) is 12.4. The lowest BCUT2D eigenvalue weighted by Crippen LogP contribution is -2.14. The van der Waals surface area contributed by atoms with Crippen LogP contribution in [0.15, 0.2) is 53.0 Å². The Morgan fingerprint density at radius 2 is 1.68 bits per heavy atom. The zero-order valence-electron chi connectivity index (χ0n) is 10.0. The number of aliphatic carboxylic acids is 1. The summed E-state index contributed by atoms with van der Waals surface area (Å²) in [5, 5.41) is 9.98. The third kappa shape index (κ3) is 3.82. The first kappa shape index (κ1) is 14.1. The monoisotopic (exact) mass is 338 g/mol. The molecule has 98 valence electrons. The molecular weight excluding hydrogens is 328 g/mol. The second-order valence-electron chi connectivity index (χ2n) is 4.27. The minimum absolute atomic E-state index is 0.463. The van der Waals surface area contributed by atoms with Crippen LogP contribution in [-0.2, 0) is 11.2 Å². The Hall–Kier alpha value is -1.32. The zero-order chi connectivity index (χ0) is 13.8. The van der Waals surface area contributed by atoms with Crippen LogP contribution in [0.25, 0.3) is 0 Å². The molecule has 0 saturated heterocycles. The number of halogens is 2. The number of rotatable bonds is 4. The number of carboxylic acid groups (broad SMARTS) is 1. The lowest BCUT2D eigenvalue weighted by atomic mass is 9.92. The highest BCUT2D eigenvalue weighted by molar-refractivity contribution is 9.10. The highest BCUT2D eigenvalue weighted by Crippen LogP contribution is 2.24. The summed E-state index contributed by atoms with van der Waals surface area (Å²) >= 11 is 9.18. The molecule has 1 atom stereocenters. The molecule has 0 aliphatic carbocycles. The second-order valence-corrected chi connectivity index (χ2v) is 5.63. The topological polar surface area (TPSA) is 37.3 Å². The lowest BCUT2D eigenvalue weighted by Gasteiger charge is -2.13. The van der Waals surface area contributed by atoms with Crippen molar-refractivity contribution in [2.24, 2.45) is 0 Å². The standard InChI is InChI=1S/C15H12BrClO2/c16-12-5-1-10(2-6-12)9-14(15(18)19)11-3-7-13(17)8-4-11/h1-8,14H,9H2,(H,18,19). The van der Waals surface area contributed by atoms with Gasteiger partial charge in [-0.1, -0.05) is 51.8 Å². The Kier molecular flexibility index (Phi) is 4.61. The first-order chi connectivity index (χ1) is 9.06. The first-order valence-corrected chi connectivity index (χ1v) is 6.96.